The Balaban J connectivity index is 1.20. The highest BCUT2D eigenvalue weighted by Crippen LogP contribution is 2.29. The fraction of sp³-hybridized carbons (Fsp3) is 0.444. The summed E-state index contributed by atoms with van der Waals surface area (Å²) < 4.78 is 2.00. The van der Waals surface area contributed by atoms with E-state index in [0.29, 0.717) is 17.5 Å². The van der Waals surface area contributed by atoms with Gasteiger partial charge in [-0.25, -0.2) is 0 Å². The van der Waals surface area contributed by atoms with E-state index in [0.717, 1.165) is 61.1 Å². The number of piperidine rings is 1. The van der Waals surface area contributed by atoms with Gasteiger partial charge in [0, 0.05) is 54.9 Å². The van der Waals surface area contributed by atoms with Crippen LogP contribution in [0, 0.1) is 6.92 Å². The van der Waals surface area contributed by atoms with Crippen molar-refractivity contribution in [1.82, 2.24) is 19.8 Å². The van der Waals surface area contributed by atoms with Crippen molar-refractivity contribution in [3.8, 4) is 0 Å². The molecule has 0 radical (unpaired) electrons. The molecular formula is C27H32N4O2. The molecule has 6 heteroatoms. The highest BCUT2D eigenvalue weighted by molar-refractivity contribution is 5.99. The van der Waals surface area contributed by atoms with Gasteiger partial charge in [0.2, 0.25) is 0 Å². The maximum absolute atomic E-state index is 13.2. The second-order valence-electron chi connectivity index (χ2n) is 9.64. The first kappa shape index (κ1) is 21.7. The van der Waals surface area contributed by atoms with E-state index in [9.17, 15) is 9.59 Å². The molecule has 1 saturated carbocycles. The SMILES string of the molecule is Cc1ccc2c(c1)cc(C(=O)N1CCC(c3ccc(C(=O)NC4CCCC4)cn3)CC1)n2C. The van der Waals surface area contributed by atoms with E-state index in [-0.39, 0.29) is 11.8 Å². The average Bonchev–Trinajstić information content (AvgIpc) is 3.46. The highest BCUT2D eigenvalue weighted by Gasteiger charge is 2.27. The third-order valence-electron chi connectivity index (χ3n) is 7.36. The van der Waals surface area contributed by atoms with Gasteiger partial charge in [-0.15, -0.1) is 0 Å². The molecule has 3 aromatic rings. The summed E-state index contributed by atoms with van der Waals surface area (Å²) in [6, 6.07) is 12.5. The van der Waals surface area contributed by atoms with Crippen molar-refractivity contribution in [3.05, 3.63) is 65.1 Å². The van der Waals surface area contributed by atoms with Gasteiger partial charge in [0.25, 0.3) is 11.8 Å². The molecule has 5 rings (SSSR count). The zero-order valence-corrected chi connectivity index (χ0v) is 19.5. The van der Waals surface area contributed by atoms with Gasteiger partial charge >= 0.3 is 0 Å². The molecule has 172 valence electrons. The van der Waals surface area contributed by atoms with E-state index in [4.69, 9.17) is 0 Å². The molecule has 33 heavy (non-hydrogen) atoms. The van der Waals surface area contributed by atoms with Gasteiger partial charge in [-0.05, 0) is 62.9 Å². The molecule has 0 unspecified atom stereocenters. The minimum atomic E-state index is -0.0217. The Labute approximate surface area is 195 Å². The molecule has 1 aliphatic carbocycles. The van der Waals surface area contributed by atoms with Crippen molar-refractivity contribution < 1.29 is 9.59 Å². The van der Waals surface area contributed by atoms with E-state index in [1.807, 2.05) is 34.7 Å². The third kappa shape index (κ3) is 4.39. The lowest BCUT2D eigenvalue weighted by atomic mass is 9.92. The first-order valence-corrected chi connectivity index (χ1v) is 12.1. The van der Waals surface area contributed by atoms with Crippen LogP contribution in [0.4, 0.5) is 0 Å². The Kier molecular flexibility index (Phi) is 5.92. The van der Waals surface area contributed by atoms with Gasteiger partial charge < -0.3 is 14.8 Å². The van der Waals surface area contributed by atoms with Crippen molar-refractivity contribution in [2.75, 3.05) is 13.1 Å². The molecule has 2 fully saturated rings. The molecule has 2 aromatic heterocycles. The summed E-state index contributed by atoms with van der Waals surface area (Å²) in [6.07, 6.45) is 8.02. The van der Waals surface area contributed by atoms with E-state index in [2.05, 4.69) is 35.4 Å². The standard InChI is InChI=1S/C27H32N4O2/c1-18-7-10-24-21(15-18)16-25(30(24)2)27(33)31-13-11-19(12-14-31)23-9-8-20(17-28-23)26(32)29-22-5-3-4-6-22/h7-10,15-17,19,22H,3-6,11-14H2,1-2H3,(H,29,32). The summed E-state index contributed by atoms with van der Waals surface area (Å²) in [5, 5.41) is 4.23. The summed E-state index contributed by atoms with van der Waals surface area (Å²) in [4.78, 5) is 32.2. The Morgan fingerprint density at radius 3 is 2.45 bits per heavy atom. The number of carbonyl (C=O) groups is 2. The van der Waals surface area contributed by atoms with E-state index >= 15 is 0 Å². The molecule has 3 heterocycles. The van der Waals surface area contributed by atoms with Crippen LogP contribution in [0.1, 0.15) is 76.5 Å². The number of benzene rings is 1. The molecule has 1 N–H and O–H groups in total. The monoisotopic (exact) mass is 444 g/mol. The predicted octanol–water partition coefficient (Wildman–Crippen LogP) is 4.57. The van der Waals surface area contributed by atoms with Crippen molar-refractivity contribution in [2.45, 2.75) is 57.4 Å². The van der Waals surface area contributed by atoms with Gasteiger partial charge in [-0.1, -0.05) is 24.5 Å². The molecule has 1 aromatic carbocycles. The van der Waals surface area contributed by atoms with Crippen LogP contribution in [-0.4, -0.2) is 45.4 Å². The van der Waals surface area contributed by atoms with E-state index < -0.39 is 0 Å². The van der Waals surface area contributed by atoms with Gasteiger partial charge in [-0.2, -0.15) is 0 Å². The summed E-state index contributed by atoms with van der Waals surface area (Å²) >= 11 is 0. The van der Waals surface area contributed by atoms with Crippen molar-refractivity contribution >= 4 is 22.7 Å². The average molecular weight is 445 g/mol. The first-order chi connectivity index (χ1) is 16.0. The normalized spacial score (nSPS) is 17.6. The van der Waals surface area contributed by atoms with Crippen molar-refractivity contribution in [1.29, 1.82) is 0 Å². The van der Waals surface area contributed by atoms with Crippen LogP contribution in [0.5, 0.6) is 0 Å². The van der Waals surface area contributed by atoms with Gasteiger partial charge in [-0.3, -0.25) is 14.6 Å². The number of aromatic nitrogens is 2. The predicted molar refractivity (Wildman–Crippen MR) is 129 cm³/mol. The first-order valence-electron chi connectivity index (χ1n) is 12.1. The number of fused-ring (bicyclic) bond motifs is 1. The Bertz CT molecular complexity index is 1170. The van der Waals surface area contributed by atoms with Gasteiger partial charge in [0.15, 0.2) is 0 Å². The number of nitrogens with zero attached hydrogens (tertiary/aromatic N) is 3. The number of aryl methyl sites for hydroxylation is 2. The molecule has 0 atom stereocenters. The largest absolute Gasteiger partial charge is 0.349 e. The number of hydrogen-bond donors (Lipinski definition) is 1. The number of amides is 2. The maximum atomic E-state index is 13.2. The van der Waals surface area contributed by atoms with E-state index in [1.165, 1.54) is 18.4 Å². The number of rotatable bonds is 4. The number of pyridine rings is 1. The molecule has 2 amide bonds. The maximum Gasteiger partial charge on any atom is 0.270 e. The molecule has 1 aliphatic heterocycles. The summed E-state index contributed by atoms with van der Waals surface area (Å²) in [6.45, 7) is 3.51. The van der Waals surface area contributed by atoms with Crippen LogP contribution >= 0.6 is 0 Å². The van der Waals surface area contributed by atoms with Crippen LogP contribution in [0.2, 0.25) is 0 Å². The third-order valence-corrected chi connectivity index (χ3v) is 7.36. The molecule has 0 bridgehead atoms. The van der Waals surface area contributed by atoms with Crippen LogP contribution in [0.25, 0.3) is 10.9 Å². The smallest absolute Gasteiger partial charge is 0.270 e. The fourth-order valence-corrected chi connectivity index (χ4v) is 5.33. The molecule has 1 saturated heterocycles. The zero-order chi connectivity index (χ0) is 22.9. The Morgan fingerprint density at radius 1 is 1.00 bits per heavy atom. The zero-order valence-electron chi connectivity index (χ0n) is 19.5. The molecule has 6 nitrogen and oxygen atoms in total. The molecule has 2 aliphatic rings. The van der Waals surface area contributed by atoms with Crippen molar-refractivity contribution in [2.24, 2.45) is 7.05 Å². The second kappa shape index (κ2) is 9.00. The summed E-state index contributed by atoms with van der Waals surface area (Å²) in [5.41, 5.74) is 4.66. The number of carbonyl (C=O) groups excluding carboxylic acids is 2. The van der Waals surface area contributed by atoms with Gasteiger partial charge in [0.05, 0.1) is 5.56 Å². The topological polar surface area (TPSA) is 67.2 Å². The lowest BCUT2D eigenvalue weighted by Crippen LogP contribution is -2.38. The molecule has 0 spiro atoms. The number of hydrogen-bond acceptors (Lipinski definition) is 3. The summed E-state index contributed by atoms with van der Waals surface area (Å²) in [7, 11) is 1.96. The summed E-state index contributed by atoms with van der Waals surface area (Å²) in [5.74, 6) is 0.388. The van der Waals surface area contributed by atoms with Crippen LogP contribution in [0.15, 0.2) is 42.6 Å². The lowest BCUT2D eigenvalue weighted by Gasteiger charge is -2.32. The minimum absolute atomic E-state index is 0.0217. The number of likely N-dealkylation sites (tertiary alicyclic amines) is 1. The minimum Gasteiger partial charge on any atom is -0.349 e. The quantitative estimate of drug-likeness (QED) is 0.641. The second-order valence-corrected chi connectivity index (χ2v) is 9.64. The van der Waals surface area contributed by atoms with Gasteiger partial charge in [0.1, 0.15) is 5.69 Å². The fourth-order valence-electron chi connectivity index (χ4n) is 5.33. The highest BCUT2D eigenvalue weighted by atomic mass is 16.2. The molecular weight excluding hydrogens is 412 g/mol. The van der Waals surface area contributed by atoms with Crippen LogP contribution in [-0.2, 0) is 7.05 Å². The van der Waals surface area contributed by atoms with Crippen molar-refractivity contribution in [3.63, 3.8) is 0 Å². The lowest BCUT2D eigenvalue weighted by molar-refractivity contribution is 0.0702. The van der Waals surface area contributed by atoms with Crippen LogP contribution in [0.3, 0.4) is 0 Å². The number of nitrogens with one attached hydrogen (secondary N) is 1. The van der Waals surface area contributed by atoms with Crippen LogP contribution < -0.4 is 5.32 Å². The Morgan fingerprint density at radius 2 is 1.76 bits per heavy atom. The van der Waals surface area contributed by atoms with E-state index in [1.54, 1.807) is 6.20 Å². The Hall–Kier alpha value is -3.15.